The van der Waals surface area contributed by atoms with Crippen LogP contribution in [0.1, 0.15) is 5.56 Å². The highest BCUT2D eigenvalue weighted by atomic mass is 16.5. The van der Waals surface area contributed by atoms with E-state index in [0.717, 1.165) is 5.56 Å². The molecule has 1 aromatic carbocycles. The molecule has 1 atom stereocenters. The minimum atomic E-state index is -0.705. The summed E-state index contributed by atoms with van der Waals surface area (Å²) in [7, 11) is 0. The number of carbonyl (C=O) groups excluding carboxylic acids is 1. The molecule has 0 aliphatic rings. The number of ether oxygens (including phenoxy) is 1. The minimum absolute atomic E-state index is 0.176. The van der Waals surface area contributed by atoms with Crippen LogP contribution >= 0.6 is 0 Å². The van der Waals surface area contributed by atoms with Gasteiger partial charge in [-0.15, -0.1) is 6.42 Å². The second-order valence-electron chi connectivity index (χ2n) is 3.11. The van der Waals surface area contributed by atoms with Gasteiger partial charge in [-0.2, -0.15) is 0 Å². The van der Waals surface area contributed by atoms with Crippen molar-refractivity contribution < 1.29 is 14.6 Å². The maximum absolute atomic E-state index is 11.2. The van der Waals surface area contributed by atoms with Crippen LogP contribution in [0.25, 0.3) is 0 Å². The molecule has 1 rings (SSSR count). The Balaban J connectivity index is 2.34. The Hall–Kier alpha value is -1.99. The van der Waals surface area contributed by atoms with Gasteiger partial charge in [0.25, 0.3) is 0 Å². The third kappa shape index (κ3) is 4.03. The molecule has 4 nitrogen and oxygen atoms in total. The van der Waals surface area contributed by atoms with Crippen LogP contribution < -0.4 is 5.32 Å². The first-order chi connectivity index (χ1) is 7.76. The van der Waals surface area contributed by atoms with Gasteiger partial charge in [-0.3, -0.25) is 0 Å². The third-order valence-corrected chi connectivity index (χ3v) is 1.89. The maximum Gasteiger partial charge on any atom is 0.408 e. The standard InChI is InChI=1S/C12H13NO3/c1-2-11(8-14)13-12(15)16-9-10-6-4-3-5-7-10/h1,3-7,11,14H,8-9H2,(H,13,15)/t11-/m1/s1. The lowest BCUT2D eigenvalue weighted by Gasteiger charge is -2.10. The molecule has 1 amide bonds. The second-order valence-corrected chi connectivity index (χ2v) is 3.11. The quantitative estimate of drug-likeness (QED) is 0.740. The Morgan fingerprint density at radius 1 is 1.50 bits per heavy atom. The highest BCUT2D eigenvalue weighted by Gasteiger charge is 2.08. The summed E-state index contributed by atoms with van der Waals surface area (Å²) in [6.07, 6.45) is 4.42. The summed E-state index contributed by atoms with van der Waals surface area (Å²) >= 11 is 0. The number of rotatable bonds is 4. The van der Waals surface area contributed by atoms with E-state index in [-0.39, 0.29) is 13.2 Å². The van der Waals surface area contributed by atoms with Gasteiger partial charge in [0.15, 0.2) is 0 Å². The van der Waals surface area contributed by atoms with Gasteiger partial charge in [-0.05, 0) is 5.56 Å². The molecule has 0 unspecified atom stereocenters. The Morgan fingerprint density at radius 3 is 2.75 bits per heavy atom. The fourth-order valence-electron chi connectivity index (χ4n) is 1.05. The number of nitrogens with one attached hydrogen (secondary N) is 1. The van der Waals surface area contributed by atoms with E-state index in [4.69, 9.17) is 16.3 Å². The first-order valence-electron chi connectivity index (χ1n) is 4.80. The van der Waals surface area contributed by atoms with Crippen molar-refractivity contribution in [2.45, 2.75) is 12.6 Å². The van der Waals surface area contributed by atoms with Crippen molar-refractivity contribution in [3.05, 3.63) is 35.9 Å². The van der Waals surface area contributed by atoms with Gasteiger partial charge in [-0.25, -0.2) is 4.79 Å². The highest BCUT2D eigenvalue weighted by Crippen LogP contribution is 2.00. The van der Waals surface area contributed by atoms with Crippen molar-refractivity contribution in [3.63, 3.8) is 0 Å². The lowest BCUT2D eigenvalue weighted by Crippen LogP contribution is -2.36. The first kappa shape index (κ1) is 12.1. The monoisotopic (exact) mass is 219 g/mol. The van der Waals surface area contributed by atoms with Crippen LogP contribution in [0.5, 0.6) is 0 Å². The second kappa shape index (κ2) is 6.49. The van der Waals surface area contributed by atoms with Crippen molar-refractivity contribution in [3.8, 4) is 12.3 Å². The molecule has 0 saturated heterocycles. The zero-order valence-corrected chi connectivity index (χ0v) is 8.72. The van der Waals surface area contributed by atoms with Gasteiger partial charge in [0.05, 0.1) is 6.61 Å². The molecule has 0 saturated carbocycles. The van der Waals surface area contributed by atoms with Crippen molar-refractivity contribution in [1.29, 1.82) is 0 Å². The number of hydrogen-bond acceptors (Lipinski definition) is 3. The highest BCUT2D eigenvalue weighted by molar-refractivity contribution is 5.68. The molecular weight excluding hydrogens is 206 g/mol. The molecule has 2 N–H and O–H groups in total. The number of carbonyl (C=O) groups is 1. The zero-order chi connectivity index (χ0) is 11.8. The van der Waals surface area contributed by atoms with Crippen molar-refractivity contribution in [1.82, 2.24) is 5.32 Å². The molecule has 0 radical (unpaired) electrons. The van der Waals surface area contributed by atoms with Crippen molar-refractivity contribution in [2.24, 2.45) is 0 Å². The van der Waals surface area contributed by atoms with Gasteiger partial charge in [0.1, 0.15) is 12.6 Å². The Kier molecular flexibility index (Phi) is 4.90. The number of hydrogen-bond donors (Lipinski definition) is 2. The van der Waals surface area contributed by atoms with Crippen molar-refractivity contribution in [2.75, 3.05) is 6.61 Å². The molecule has 0 aliphatic heterocycles. The van der Waals surface area contributed by atoms with E-state index < -0.39 is 12.1 Å². The summed E-state index contributed by atoms with van der Waals surface area (Å²) in [5.41, 5.74) is 0.888. The van der Waals surface area contributed by atoms with Gasteiger partial charge in [0, 0.05) is 0 Å². The number of aliphatic hydroxyl groups excluding tert-OH is 1. The summed E-state index contributed by atoms with van der Waals surface area (Å²) < 4.78 is 4.91. The molecule has 1 aromatic rings. The van der Waals surface area contributed by atoms with E-state index in [1.165, 1.54) is 0 Å². The Labute approximate surface area is 94.2 Å². The van der Waals surface area contributed by atoms with Crippen LogP contribution in [0.3, 0.4) is 0 Å². The van der Waals surface area contributed by atoms with Crippen LogP contribution in [-0.2, 0) is 11.3 Å². The van der Waals surface area contributed by atoms with Crippen LogP contribution in [0, 0.1) is 12.3 Å². The van der Waals surface area contributed by atoms with Crippen LogP contribution in [0.15, 0.2) is 30.3 Å². The topological polar surface area (TPSA) is 58.6 Å². The molecule has 4 heteroatoms. The Bertz CT molecular complexity index is 370. The lowest BCUT2D eigenvalue weighted by atomic mass is 10.2. The van der Waals surface area contributed by atoms with E-state index in [1.807, 2.05) is 30.3 Å². The number of terminal acetylenes is 1. The average molecular weight is 219 g/mol. The summed E-state index contributed by atoms with van der Waals surface area (Å²) in [6.45, 7) is -0.133. The number of benzene rings is 1. The molecule has 84 valence electrons. The number of alkyl carbamates (subject to hydrolysis) is 1. The van der Waals surface area contributed by atoms with Crippen LogP contribution in [0.4, 0.5) is 4.79 Å². The minimum Gasteiger partial charge on any atom is -0.445 e. The maximum atomic E-state index is 11.2. The smallest absolute Gasteiger partial charge is 0.408 e. The molecule has 16 heavy (non-hydrogen) atoms. The molecule has 0 spiro atoms. The van der Waals surface area contributed by atoms with Gasteiger partial charge in [-0.1, -0.05) is 36.3 Å². The van der Waals surface area contributed by atoms with E-state index >= 15 is 0 Å². The average Bonchev–Trinajstić information content (AvgIpc) is 2.34. The third-order valence-electron chi connectivity index (χ3n) is 1.89. The number of aliphatic hydroxyl groups is 1. The van der Waals surface area contributed by atoms with Gasteiger partial charge in [0.2, 0.25) is 0 Å². The van der Waals surface area contributed by atoms with E-state index in [2.05, 4.69) is 11.2 Å². The van der Waals surface area contributed by atoms with E-state index in [9.17, 15) is 4.79 Å². The van der Waals surface area contributed by atoms with Crippen LogP contribution in [0.2, 0.25) is 0 Å². The SMILES string of the molecule is C#C[C@H](CO)NC(=O)OCc1ccccc1. The Morgan fingerprint density at radius 2 is 2.19 bits per heavy atom. The number of amides is 1. The molecule has 0 heterocycles. The molecule has 0 fully saturated rings. The molecular formula is C12H13NO3. The largest absolute Gasteiger partial charge is 0.445 e. The van der Waals surface area contributed by atoms with Gasteiger partial charge < -0.3 is 15.2 Å². The molecule has 0 bridgehead atoms. The first-order valence-corrected chi connectivity index (χ1v) is 4.80. The molecule has 0 aromatic heterocycles. The fourth-order valence-corrected chi connectivity index (χ4v) is 1.05. The summed E-state index contributed by atoms with van der Waals surface area (Å²) in [6, 6.07) is 8.58. The summed E-state index contributed by atoms with van der Waals surface area (Å²) in [5.74, 6) is 2.22. The summed E-state index contributed by atoms with van der Waals surface area (Å²) in [5, 5.41) is 11.1. The van der Waals surface area contributed by atoms with Gasteiger partial charge >= 0.3 is 6.09 Å². The lowest BCUT2D eigenvalue weighted by molar-refractivity contribution is 0.133. The summed E-state index contributed by atoms with van der Waals surface area (Å²) in [4.78, 5) is 11.2. The van der Waals surface area contributed by atoms with Crippen molar-refractivity contribution >= 4 is 6.09 Å². The predicted octanol–water partition coefficient (Wildman–Crippen LogP) is 0.907. The fraction of sp³-hybridized carbons (Fsp3) is 0.250. The normalized spacial score (nSPS) is 11.2. The molecule has 0 aliphatic carbocycles. The zero-order valence-electron chi connectivity index (χ0n) is 8.72. The predicted molar refractivity (Wildman–Crippen MR) is 59.5 cm³/mol. The van der Waals surface area contributed by atoms with Crippen LogP contribution in [-0.4, -0.2) is 23.8 Å². The van der Waals surface area contributed by atoms with E-state index in [0.29, 0.717) is 0 Å². The van der Waals surface area contributed by atoms with E-state index in [1.54, 1.807) is 0 Å².